The van der Waals surface area contributed by atoms with Crippen LogP contribution in [0.5, 0.6) is 0 Å². The number of aliphatic carboxylic acids is 1. The normalized spacial score (nSPS) is 13.5. The number of fused-ring (bicyclic) bond motifs is 3. The van der Waals surface area contributed by atoms with Crippen molar-refractivity contribution in [2.45, 2.75) is 51.7 Å². The van der Waals surface area contributed by atoms with E-state index in [0.29, 0.717) is 5.01 Å². The largest absolute Gasteiger partial charge is 0.480 e. The Kier molecular flexibility index (Phi) is 6.72. The van der Waals surface area contributed by atoms with Crippen molar-refractivity contribution in [3.63, 3.8) is 0 Å². The van der Waals surface area contributed by atoms with Crippen LogP contribution < -0.4 is 5.43 Å². The third kappa shape index (κ3) is 5.01. The van der Waals surface area contributed by atoms with Gasteiger partial charge in [0.2, 0.25) is 0 Å². The molecule has 1 atom stereocenters. The Morgan fingerprint density at radius 3 is 2.03 bits per heavy atom. The topological polar surface area (TPSA) is 105 Å². The maximum absolute atomic E-state index is 12.6. The Bertz CT molecular complexity index is 968. The number of hydrogen-bond donors (Lipinski definition) is 2. The van der Waals surface area contributed by atoms with Crippen LogP contribution in [0.15, 0.2) is 48.5 Å². The molecule has 170 valence electrons. The first-order valence-corrected chi connectivity index (χ1v) is 10.5. The first kappa shape index (κ1) is 23.1. The zero-order valence-corrected chi connectivity index (χ0v) is 18.6. The summed E-state index contributed by atoms with van der Waals surface area (Å²) in [6.07, 6.45) is -1.84. The lowest BCUT2D eigenvalue weighted by molar-refractivity contribution is -0.144. The highest BCUT2D eigenvalue weighted by molar-refractivity contribution is 5.82. The Morgan fingerprint density at radius 1 is 1.03 bits per heavy atom. The molecule has 8 nitrogen and oxygen atoms in total. The van der Waals surface area contributed by atoms with E-state index in [9.17, 15) is 19.5 Å². The Labute approximate surface area is 187 Å². The van der Waals surface area contributed by atoms with Crippen LogP contribution in [0.1, 0.15) is 51.2 Å². The van der Waals surface area contributed by atoms with Gasteiger partial charge in [-0.25, -0.2) is 24.8 Å². The van der Waals surface area contributed by atoms with Gasteiger partial charge in [0, 0.05) is 5.92 Å². The minimum atomic E-state index is -1.30. The van der Waals surface area contributed by atoms with Crippen molar-refractivity contribution < 1.29 is 29.0 Å². The van der Waals surface area contributed by atoms with E-state index in [-0.39, 0.29) is 18.9 Å². The molecule has 0 heterocycles. The molecule has 0 fully saturated rings. The highest BCUT2D eigenvalue weighted by Crippen LogP contribution is 2.44. The number of nitrogens with one attached hydrogen (secondary N) is 1. The first-order chi connectivity index (χ1) is 15.1. The zero-order chi connectivity index (χ0) is 23.5. The van der Waals surface area contributed by atoms with Crippen LogP contribution in [0.25, 0.3) is 11.1 Å². The van der Waals surface area contributed by atoms with Gasteiger partial charge in [0.15, 0.2) is 6.04 Å². The average molecular weight is 440 g/mol. The fourth-order valence-electron chi connectivity index (χ4n) is 3.76. The molecule has 0 radical (unpaired) electrons. The molecule has 2 N–H and O–H groups in total. The maximum Gasteiger partial charge on any atom is 0.430 e. The molecule has 1 unspecified atom stereocenters. The summed E-state index contributed by atoms with van der Waals surface area (Å²) in [4.78, 5) is 36.8. The predicted molar refractivity (Wildman–Crippen MR) is 118 cm³/mol. The zero-order valence-electron chi connectivity index (χ0n) is 18.6. The summed E-state index contributed by atoms with van der Waals surface area (Å²) in [6.45, 7) is 6.58. The lowest BCUT2D eigenvalue weighted by Crippen LogP contribution is -2.56. The lowest BCUT2D eigenvalue weighted by Gasteiger charge is -2.30. The summed E-state index contributed by atoms with van der Waals surface area (Å²) in [7, 11) is 0. The van der Waals surface area contributed by atoms with Crippen LogP contribution >= 0.6 is 0 Å². The SMILES string of the molecule is CCC(C(=O)O)N(NC(=O)OCC1c2ccccc2-c2ccccc21)C(=O)OC(C)(C)C. The third-order valence-electron chi connectivity index (χ3n) is 5.13. The summed E-state index contributed by atoms with van der Waals surface area (Å²) in [5.41, 5.74) is 5.66. The van der Waals surface area contributed by atoms with E-state index < -0.39 is 29.8 Å². The van der Waals surface area contributed by atoms with E-state index in [4.69, 9.17) is 9.47 Å². The molecule has 0 bridgehead atoms. The summed E-state index contributed by atoms with van der Waals surface area (Å²) < 4.78 is 10.7. The number of hydrogen-bond acceptors (Lipinski definition) is 5. The number of carbonyl (C=O) groups is 3. The summed E-state index contributed by atoms with van der Waals surface area (Å²) in [6, 6.07) is 14.5. The van der Waals surface area contributed by atoms with Gasteiger partial charge in [0.1, 0.15) is 12.2 Å². The number of rotatable bonds is 5. The van der Waals surface area contributed by atoms with Gasteiger partial charge < -0.3 is 14.6 Å². The molecule has 1 aliphatic rings. The number of ether oxygens (including phenoxy) is 2. The summed E-state index contributed by atoms with van der Waals surface area (Å²) in [5, 5.41) is 10.2. The minimum absolute atomic E-state index is 0.0336. The molecule has 0 aromatic heterocycles. The van der Waals surface area contributed by atoms with Crippen molar-refractivity contribution in [2.75, 3.05) is 6.61 Å². The molecule has 8 heteroatoms. The number of carboxylic acids is 1. The monoisotopic (exact) mass is 440 g/mol. The first-order valence-electron chi connectivity index (χ1n) is 10.5. The molecule has 0 spiro atoms. The highest BCUT2D eigenvalue weighted by atomic mass is 16.6. The Morgan fingerprint density at radius 2 is 1.56 bits per heavy atom. The van der Waals surface area contributed by atoms with Gasteiger partial charge in [0.25, 0.3) is 0 Å². The molecule has 32 heavy (non-hydrogen) atoms. The van der Waals surface area contributed by atoms with Crippen LogP contribution in [0.4, 0.5) is 9.59 Å². The van der Waals surface area contributed by atoms with Gasteiger partial charge in [-0.05, 0) is 49.4 Å². The molecule has 0 saturated heterocycles. The average Bonchev–Trinajstić information content (AvgIpc) is 3.04. The maximum atomic E-state index is 12.6. The molecule has 0 aliphatic heterocycles. The van der Waals surface area contributed by atoms with Gasteiger partial charge >= 0.3 is 18.2 Å². The fraction of sp³-hybridized carbons (Fsp3) is 0.375. The quantitative estimate of drug-likeness (QED) is 0.662. The number of amides is 2. The smallest absolute Gasteiger partial charge is 0.430 e. The lowest BCUT2D eigenvalue weighted by atomic mass is 9.98. The number of benzene rings is 2. The molecule has 3 rings (SSSR count). The van der Waals surface area contributed by atoms with E-state index >= 15 is 0 Å². The second-order valence-electron chi connectivity index (χ2n) is 8.55. The van der Waals surface area contributed by atoms with Gasteiger partial charge in [-0.2, -0.15) is 0 Å². The third-order valence-corrected chi connectivity index (χ3v) is 5.13. The molecule has 2 aromatic carbocycles. The van der Waals surface area contributed by atoms with Gasteiger partial charge in [-0.15, -0.1) is 0 Å². The predicted octanol–water partition coefficient (Wildman–Crippen LogP) is 4.54. The van der Waals surface area contributed by atoms with Gasteiger partial charge in [-0.3, -0.25) is 0 Å². The molecule has 2 aromatic rings. The van der Waals surface area contributed by atoms with Crippen LogP contribution in [0.2, 0.25) is 0 Å². The van der Waals surface area contributed by atoms with Crippen molar-refractivity contribution in [1.82, 2.24) is 10.4 Å². The Hall–Kier alpha value is -3.55. The fourth-order valence-corrected chi connectivity index (χ4v) is 3.76. The van der Waals surface area contributed by atoms with Crippen molar-refractivity contribution >= 4 is 18.2 Å². The van der Waals surface area contributed by atoms with Gasteiger partial charge in [0.05, 0.1) is 0 Å². The van der Waals surface area contributed by atoms with Gasteiger partial charge in [-0.1, -0.05) is 55.5 Å². The minimum Gasteiger partial charge on any atom is -0.480 e. The molecule has 2 amide bonds. The van der Waals surface area contributed by atoms with Crippen LogP contribution in [-0.2, 0) is 14.3 Å². The Balaban J connectivity index is 1.74. The molecule has 1 aliphatic carbocycles. The summed E-state index contributed by atoms with van der Waals surface area (Å²) in [5.74, 6) is -1.43. The number of hydrazine groups is 1. The number of carbonyl (C=O) groups excluding carboxylic acids is 2. The molecular formula is C24H28N2O6. The number of nitrogens with zero attached hydrogens (tertiary/aromatic N) is 1. The van der Waals surface area contributed by atoms with E-state index in [0.717, 1.165) is 22.3 Å². The van der Waals surface area contributed by atoms with Crippen LogP contribution in [-0.4, -0.2) is 46.5 Å². The van der Waals surface area contributed by atoms with Crippen molar-refractivity contribution in [1.29, 1.82) is 0 Å². The van der Waals surface area contributed by atoms with Crippen LogP contribution in [0, 0.1) is 0 Å². The van der Waals surface area contributed by atoms with E-state index in [1.165, 1.54) is 0 Å². The second kappa shape index (κ2) is 9.30. The summed E-state index contributed by atoms with van der Waals surface area (Å²) >= 11 is 0. The van der Waals surface area contributed by atoms with E-state index in [2.05, 4.69) is 5.43 Å². The highest BCUT2D eigenvalue weighted by Gasteiger charge is 2.34. The van der Waals surface area contributed by atoms with Crippen molar-refractivity contribution in [2.24, 2.45) is 0 Å². The number of carboxylic acid groups (broad SMARTS) is 1. The van der Waals surface area contributed by atoms with Crippen molar-refractivity contribution in [3.8, 4) is 11.1 Å². The standard InChI is InChI=1S/C24H28N2O6/c1-5-20(21(27)28)26(23(30)32-24(2,3)4)25-22(29)31-14-19-17-12-8-6-10-15(17)16-11-7-9-13-18(16)19/h6-13,19-20H,5,14H2,1-4H3,(H,25,29)(H,27,28). The van der Waals surface area contributed by atoms with Crippen molar-refractivity contribution in [3.05, 3.63) is 59.7 Å². The molecular weight excluding hydrogens is 412 g/mol. The molecule has 0 saturated carbocycles. The van der Waals surface area contributed by atoms with E-state index in [1.54, 1.807) is 27.7 Å². The second-order valence-corrected chi connectivity index (χ2v) is 8.55. The van der Waals surface area contributed by atoms with E-state index in [1.807, 2.05) is 48.5 Å². The van der Waals surface area contributed by atoms with Crippen LogP contribution in [0.3, 0.4) is 0 Å².